The predicted octanol–water partition coefficient (Wildman–Crippen LogP) is 4.58. The average Bonchev–Trinajstić information content (AvgIpc) is 3.18. The Hall–Kier alpha value is -2.76. The Bertz CT molecular complexity index is 1030. The van der Waals surface area contributed by atoms with Gasteiger partial charge >= 0.3 is 6.18 Å². The number of hydrogen-bond donors (Lipinski definition) is 1. The number of amides is 1. The van der Waals surface area contributed by atoms with E-state index in [0.29, 0.717) is 9.15 Å². The third-order valence-corrected chi connectivity index (χ3v) is 4.35. The summed E-state index contributed by atoms with van der Waals surface area (Å²) < 4.78 is 68.9. The highest BCUT2D eigenvalue weighted by atomic mass is 79.9. The Morgan fingerprint density at radius 3 is 2.54 bits per heavy atom. The Morgan fingerprint density at radius 2 is 1.93 bits per heavy atom. The number of nitrogens with one attached hydrogen (secondary N) is 1. The lowest BCUT2D eigenvalue weighted by molar-refractivity contribution is -0.142. The minimum atomic E-state index is -4.88. The monoisotopic (exact) mass is 463 g/mol. The van der Waals surface area contributed by atoms with Crippen molar-refractivity contribution in [1.29, 1.82) is 0 Å². The van der Waals surface area contributed by atoms with Crippen LogP contribution in [-0.4, -0.2) is 25.5 Å². The van der Waals surface area contributed by atoms with Crippen LogP contribution in [0.1, 0.15) is 28.2 Å². The Kier molecular flexibility index (Phi) is 5.24. The lowest BCUT2D eigenvalue weighted by Gasteiger charge is -2.14. The summed E-state index contributed by atoms with van der Waals surface area (Å²) in [6, 6.07) is 6.06. The normalized spacial score (nSPS) is 11.9. The van der Waals surface area contributed by atoms with Crippen LogP contribution < -0.4 is 5.32 Å². The van der Waals surface area contributed by atoms with Crippen molar-refractivity contribution < 1.29 is 26.7 Å². The smallest absolute Gasteiger partial charge is 0.319 e. The van der Waals surface area contributed by atoms with Gasteiger partial charge in [-0.1, -0.05) is 12.1 Å². The van der Waals surface area contributed by atoms with E-state index in [1.165, 1.54) is 25.2 Å². The van der Waals surface area contributed by atoms with E-state index in [0.717, 1.165) is 17.1 Å². The molecule has 0 aliphatic carbocycles. The molecule has 0 bridgehead atoms. The number of hydrogen-bond acceptors (Lipinski definition) is 3. The molecule has 0 saturated carbocycles. The summed E-state index contributed by atoms with van der Waals surface area (Å²) in [5, 5.41) is 9.18. The molecule has 1 N–H and O–H groups in total. The molecule has 1 aromatic carbocycles. The molecule has 0 radical (unpaired) electrons. The molecule has 148 valence electrons. The van der Waals surface area contributed by atoms with Gasteiger partial charge in [0.25, 0.3) is 12.3 Å². The highest BCUT2D eigenvalue weighted by Gasteiger charge is 2.40. The second-order valence-electron chi connectivity index (χ2n) is 5.62. The maximum atomic E-state index is 13.7. The van der Waals surface area contributed by atoms with Crippen molar-refractivity contribution in [2.24, 2.45) is 7.05 Å². The van der Waals surface area contributed by atoms with Gasteiger partial charge < -0.3 is 5.32 Å². The first-order chi connectivity index (χ1) is 13.1. The first-order valence-electron chi connectivity index (χ1n) is 7.62. The Labute approximate surface area is 163 Å². The number of anilines is 1. The van der Waals surface area contributed by atoms with Gasteiger partial charge in [0.15, 0.2) is 5.69 Å². The van der Waals surface area contributed by atoms with Gasteiger partial charge in [0.2, 0.25) is 0 Å². The molecular formula is C16H11BrF5N5O. The number of alkyl halides is 5. The number of nitrogens with zero attached hydrogens (tertiary/aromatic N) is 4. The molecule has 0 atom stereocenters. The van der Waals surface area contributed by atoms with E-state index in [4.69, 9.17) is 0 Å². The number of carbonyl (C=O) groups excluding carboxylic acids is 1. The van der Waals surface area contributed by atoms with Crippen LogP contribution in [0.5, 0.6) is 0 Å². The summed E-state index contributed by atoms with van der Waals surface area (Å²) in [6.07, 6.45) is -6.14. The molecule has 6 nitrogen and oxygen atoms in total. The zero-order valence-corrected chi connectivity index (χ0v) is 15.6. The average molecular weight is 464 g/mol. The third kappa shape index (κ3) is 3.77. The van der Waals surface area contributed by atoms with Crippen LogP contribution in [0.3, 0.4) is 0 Å². The molecule has 0 fully saturated rings. The van der Waals surface area contributed by atoms with Crippen LogP contribution in [0.25, 0.3) is 5.69 Å². The minimum absolute atomic E-state index is 0.0879. The molecule has 0 saturated heterocycles. The Morgan fingerprint density at radius 1 is 1.25 bits per heavy atom. The van der Waals surface area contributed by atoms with Gasteiger partial charge in [-0.3, -0.25) is 9.48 Å². The fourth-order valence-corrected chi connectivity index (χ4v) is 3.00. The van der Waals surface area contributed by atoms with Crippen LogP contribution in [0.15, 0.2) is 41.1 Å². The maximum absolute atomic E-state index is 13.7. The Balaban J connectivity index is 2.04. The number of carbonyl (C=O) groups is 1. The number of halogens is 6. The van der Waals surface area contributed by atoms with Gasteiger partial charge in [0.05, 0.1) is 23.1 Å². The minimum Gasteiger partial charge on any atom is -0.319 e. The lowest BCUT2D eigenvalue weighted by atomic mass is 10.2. The fraction of sp³-hybridized carbons (Fsp3) is 0.188. The van der Waals surface area contributed by atoms with Gasteiger partial charge in [0, 0.05) is 17.7 Å². The number of aromatic nitrogens is 4. The highest BCUT2D eigenvalue weighted by Crippen LogP contribution is 2.37. The van der Waals surface area contributed by atoms with E-state index in [1.807, 2.05) is 5.32 Å². The van der Waals surface area contributed by atoms with E-state index >= 15 is 0 Å². The molecule has 0 spiro atoms. The SMILES string of the molecule is Cn1cc(C(=O)Nc2cnn(-c3ccccc3Br)c2C(F)(F)F)c(C(F)F)n1. The molecule has 2 aromatic heterocycles. The maximum Gasteiger partial charge on any atom is 0.435 e. The summed E-state index contributed by atoms with van der Waals surface area (Å²) >= 11 is 3.15. The summed E-state index contributed by atoms with van der Waals surface area (Å²) in [5.74, 6) is -1.15. The van der Waals surface area contributed by atoms with Crippen molar-refractivity contribution in [3.8, 4) is 5.69 Å². The van der Waals surface area contributed by atoms with Crippen LogP contribution in [0.2, 0.25) is 0 Å². The van der Waals surface area contributed by atoms with Gasteiger partial charge in [-0.2, -0.15) is 23.4 Å². The predicted molar refractivity (Wildman–Crippen MR) is 92.4 cm³/mol. The summed E-state index contributed by atoms with van der Waals surface area (Å²) in [6.45, 7) is 0. The van der Waals surface area contributed by atoms with Gasteiger partial charge in [-0.15, -0.1) is 0 Å². The molecule has 28 heavy (non-hydrogen) atoms. The van der Waals surface area contributed by atoms with Crippen LogP contribution >= 0.6 is 15.9 Å². The van der Waals surface area contributed by atoms with Crippen molar-refractivity contribution in [1.82, 2.24) is 19.6 Å². The number of benzene rings is 1. The summed E-state index contributed by atoms with van der Waals surface area (Å²) in [5.41, 5.74) is -3.19. The topological polar surface area (TPSA) is 64.7 Å². The highest BCUT2D eigenvalue weighted by molar-refractivity contribution is 9.10. The molecular weight excluding hydrogens is 453 g/mol. The fourth-order valence-electron chi connectivity index (χ4n) is 2.55. The standard InChI is InChI=1S/C16H11BrF5N5O/c1-26-7-8(12(25-26)14(18)19)15(28)24-10-6-23-27(13(10)16(20,21)22)11-5-3-2-4-9(11)17/h2-7,14H,1H3,(H,24,28). The van der Waals surface area contributed by atoms with Crippen molar-refractivity contribution in [2.45, 2.75) is 12.6 Å². The molecule has 0 unspecified atom stereocenters. The van der Waals surface area contributed by atoms with Crippen LogP contribution in [0.4, 0.5) is 27.6 Å². The van der Waals surface area contributed by atoms with Gasteiger partial charge in [-0.25, -0.2) is 13.5 Å². The zero-order valence-electron chi connectivity index (χ0n) is 14.0. The molecule has 12 heteroatoms. The quantitative estimate of drug-likeness (QED) is 0.576. The molecule has 0 aliphatic heterocycles. The first kappa shape index (κ1) is 20.0. The van der Waals surface area contributed by atoms with Gasteiger partial charge in [0.1, 0.15) is 5.69 Å². The largest absolute Gasteiger partial charge is 0.435 e. The second-order valence-corrected chi connectivity index (χ2v) is 6.48. The van der Waals surface area contributed by atoms with Crippen molar-refractivity contribution in [3.05, 3.63) is 58.1 Å². The molecule has 3 aromatic rings. The first-order valence-corrected chi connectivity index (χ1v) is 8.42. The molecule has 1 amide bonds. The van der Waals surface area contributed by atoms with E-state index in [2.05, 4.69) is 26.1 Å². The zero-order chi connectivity index (χ0) is 20.6. The van der Waals surface area contributed by atoms with E-state index in [-0.39, 0.29) is 5.69 Å². The molecule has 0 aliphatic rings. The number of rotatable bonds is 4. The van der Waals surface area contributed by atoms with Crippen LogP contribution in [0, 0.1) is 0 Å². The van der Waals surface area contributed by atoms with E-state index in [1.54, 1.807) is 6.07 Å². The third-order valence-electron chi connectivity index (χ3n) is 3.68. The lowest BCUT2D eigenvalue weighted by Crippen LogP contribution is -2.19. The van der Waals surface area contributed by atoms with E-state index in [9.17, 15) is 26.7 Å². The number of para-hydroxylation sites is 1. The second kappa shape index (κ2) is 7.34. The van der Waals surface area contributed by atoms with Crippen molar-refractivity contribution >= 4 is 27.5 Å². The van der Waals surface area contributed by atoms with Crippen molar-refractivity contribution in [3.63, 3.8) is 0 Å². The summed E-state index contributed by atoms with van der Waals surface area (Å²) in [7, 11) is 1.31. The molecule has 3 rings (SSSR count). The molecule has 2 heterocycles. The number of aryl methyl sites for hydroxylation is 1. The summed E-state index contributed by atoms with van der Waals surface area (Å²) in [4.78, 5) is 12.3. The van der Waals surface area contributed by atoms with E-state index < -0.39 is 41.1 Å². The van der Waals surface area contributed by atoms with Crippen LogP contribution in [-0.2, 0) is 13.2 Å². The van der Waals surface area contributed by atoms with Gasteiger partial charge in [-0.05, 0) is 28.1 Å². The van der Waals surface area contributed by atoms with Crippen molar-refractivity contribution in [2.75, 3.05) is 5.32 Å².